The Morgan fingerprint density at radius 2 is 1.70 bits per heavy atom. The highest BCUT2D eigenvalue weighted by Crippen LogP contribution is 2.31. The fraction of sp³-hybridized carbons (Fsp3) is 0.300. The lowest BCUT2D eigenvalue weighted by molar-refractivity contribution is -0.143. The average molecular weight is 409 g/mol. The fourth-order valence-corrected chi connectivity index (χ4v) is 3.39. The molecule has 2 N–H and O–H groups in total. The van der Waals surface area contributed by atoms with Crippen molar-refractivity contribution >= 4 is 40.7 Å². The lowest BCUT2D eigenvalue weighted by Crippen LogP contribution is -2.42. The van der Waals surface area contributed by atoms with E-state index in [1.165, 1.54) is 24.9 Å². The number of aryl methyl sites for hydroxylation is 2. The van der Waals surface area contributed by atoms with Crippen LogP contribution in [0.5, 0.6) is 0 Å². The van der Waals surface area contributed by atoms with Gasteiger partial charge in [0, 0.05) is 28.3 Å². The summed E-state index contributed by atoms with van der Waals surface area (Å²) in [5, 5.41) is 13.2. The van der Waals surface area contributed by atoms with E-state index in [1.807, 2.05) is 32.0 Å². The van der Waals surface area contributed by atoms with E-state index < -0.39 is 24.0 Å². The summed E-state index contributed by atoms with van der Waals surface area (Å²) >= 11 is 12.3. The minimum absolute atomic E-state index is 0.259. The number of rotatable bonds is 5. The Bertz CT molecular complexity index is 848. The van der Waals surface area contributed by atoms with Gasteiger partial charge in [0.2, 0.25) is 0 Å². The first-order chi connectivity index (χ1) is 12.6. The molecule has 0 aliphatic rings. The van der Waals surface area contributed by atoms with Crippen LogP contribution in [0.25, 0.3) is 0 Å². The van der Waals surface area contributed by atoms with E-state index in [2.05, 4.69) is 5.32 Å². The van der Waals surface area contributed by atoms with Gasteiger partial charge in [-0.05, 0) is 44.0 Å². The minimum Gasteiger partial charge on any atom is -0.384 e. The number of nitrogens with one attached hydrogen (secondary N) is 1. The van der Waals surface area contributed by atoms with Gasteiger partial charge < -0.3 is 15.3 Å². The molecule has 27 heavy (non-hydrogen) atoms. The Kier molecular flexibility index (Phi) is 6.87. The van der Waals surface area contributed by atoms with Crippen LogP contribution in [0.1, 0.15) is 29.7 Å². The first-order valence-electron chi connectivity index (χ1n) is 8.40. The molecular weight excluding hydrogens is 387 g/mol. The van der Waals surface area contributed by atoms with Gasteiger partial charge in [0.25, 0.3) is 11.8 Å². The SMILES string of the molecule is Cc1cccc(C)c1NC(=O)[C@H](c1ccc(Cl)cc1Cl)N(C)C(=O)[C@H](C)O. The number of amides is 2. The number of carbonyl (C=O) groups excluding carboxylic acids is 2. The largest absolute Gasteiger partial charge is 0.384 e. The molecule has 2 aromatic carbocycles. The van der Waals surface area contributed by atoms with Crippen LogP contribution in [-0.4, -0.2) is 35.0 Å². The van der Waals surface area contributed by atoms with Gasteiger partial charge in [-0.25, -0.2) is 0 Å². The van der Waals surface area contributed by atoms with Gasteiger partial charge in [-0.15, -0.1) is 0 Å². The van der Waals surface area contributed by atoms with Crippen LogP contribution in [0.2, 0.25) is 10.0 Å². The summed E-state index contributed by atoms with van der Waals surface area (Å²) in [6.45, 7) is 5.12. The molecule has 0 fully saturated rings. The predicted molar refractivity (Wildman–Crippen MR) is 108 cm³/mol. The summed E-state index contributed by atoms with van der Waals surface area (Å²) in [6, 6.07) is 9.36. The van der Waals surface area contributed by atoms with Crippen molar-refractivity contribution in [2.45, 2.75) is 32.9 Å². The molecule has 2 aromatic rings. The average Bonchev–Trinajstić information content (AvgIpc) is 2.59. The van der Waals surface area contributed by atoms with Crippen molar-refractivity contribution in [3.8, 4) is 0 Å². The maximum absolute atomic E-state index is 13.1. The summed E-state index contributed by atoms with van der Waals surface area (Å²) in [6.07, 6.45) is -1.25. The second-order valence-corrected chi connectivity index (χ2v) is 7.29. The second kappa shape index (κ2) is 8.74. The quantitative estimate of drug-likeness (QED) is 0.780. The lowest BCUT2D eigenvalue weighted by atomic mass is 10.0. The molecule has 0 aliphatic heterocycles. The molecule has 0 unspecified atom stereocenters. The smallest absolute Gasteiger partial charge is 0.251 e. The van der Waals surface area contributed by atoms with Gasteiger partial charge in [0.1, 0.15) is 12.1 Å². The van der Waals surface area contributed by atoms with Crippen molar-refractivity contribution < 1.29 is 14.7 Å². The number of halogens is 2. The van der Waals surface area contributed by atoms with E-state index >= 15 is 0 Å². The summed E-state index contributed by atoms with van der Waals surface area (Å²) in [7, 11) is 1.45. The van der Waals surface area contributed by atoms with Crippen LogP contribution < -0.4 is 5.32 Å². The third kappa shape index (κ3) is 4.80. The molecule has 5 nitrogen and oxygen atoms in total. The molecule has 0 saturated heterocycles. The number of aliphatic hydroxyl groups is 1. The molecular formula is C20H22Cl2N2O3. The second-order valence-electron chi connectivity index (χ2n) is 6.45. The molecule has 0 heterocycles. The first-order valence-corrected chi connectivity index (χ1v) is 9.15. The fourth-order valence-electron chi connectivity index (χ4n) is 2.87. The van der Waals surface area contributed by atoms with E-state index in [1.54, 1.807) is 12.1 Å². The maximum Gasteiger partial charge on any atom is 0.251 e. The third-order valence-corrected chi connectivity index (χ3v) is 4.89. The number of likely N-dealkylation sites (N-methyl/N-ethyl adjacent to an activating group) is 1. The summed E-state index contributed by atoms with van der Waals surface area (Å²) in [5.74, 6) is -1.03. The highest BCUT2D eigenvalue weighted by Gasteiger charge is 2.32. The monoisotopic (exact) mass is 408 g/mol. The molecule has 144 valence electrons. The van der Waals surface area contributed by atoms with Crippen LogP contribution in [0.15, 0.2) is 36.4 Å². The third-order valence-electron chi connectivity index (χ3n) is 4.33. The molecule has 0 aromatic heterocycles. The number of hydrogen-bond donors (Lipinski definition) is 2. The van der Waals surface area contributed by atoms with Crippen molar-refractivity contribution in [3.63, 3.8) is 0 Å². The number of hydrogen-bond acceptors (Lipinski definition) is 3. The van der Waals surface area contributed by atoms with Gasteiger partial charge in [0.05, 0.1) is 0 Å². The Morgan fingerprint density at radius 1 is 1.11 bits per heavy atom. The normalized spacial score (nSPS) is 13.0. The Labute approximate surface area is 168 Å². The van der Waals surface area contributed by atoms with E-state index in [0.717, 1.165) is 11.1 Å². The number of aliphatic hydroxyl groups excluding tert-OH is 1. The van der Waals surface area contributed by atoms with Crippen LogP contribution in [0, 0.1) is 13.8 Å². The highest BCUT2D eigenvalue weighted by molar-refractivity contribution is 6.35. The predicted octanol–water partition coefficient (Wildman–Crippen LogP) is 4.13. The van der Waals surface area contributed by atoms with Crippen LogP contribution >= 0.6 is 23.2 Å². The van der Waals surface area contributed by atoms with Crippen molar-refractivity contribution in [1.29, 1.82) is 0 Å². The maximum atomic E-state index is 13.1. The molecule has 0 bridgehead atoms. The summed E-state index contributed by atoms with van der Waals surface area (Å²) in [4.78, 5) is 26.7. The molecule has 0 spiro atoms. The molecule has 7 heteroatoms. The van der Waals surface area contributed by atoms with E-state index in [9.17, 15) is 14.7 Å². The minimum atomic E-state index is -1.25. The van der Waals surface area contributed by atoms with E-state index in [-0.39, 0.29) is 5.02 Å². The van der Waals surface area contributed by atoms with Crippen LogP contribution in [0.4, 0.5) is 5.69 Å². The molecule has 2 amide bonds. The van der Waals surface area contributed by atoms with Gasteiger partial charge in [-0.2, -0.15) is 0 Å². The van der Waals surface area contributed by atoms with Crippen LogP contribution in [-0.2, 0) is 9.59 Å². The Balaban J connectivity index is 2.48. The zero-order chi connectivity index (χ0) is 20.3. The molecule has 0 saturated carbocycles. The molecule has 2 atom stereocenters. The van der Waals surface area contributed by atoms with Gasteiger partial charge in [-0.3, -0.25) is 9.59 Å². The summed E-state index contributed by atoms with van der Waals surface area (Å²) in [5.41, 5.74) is 2.89. The van der Waals surface area contributed by atoms with Gasteiger partial charge >= 0.3 is 0 Å². The number of carbonyl (C=O) groups is 2. The molecule has 0 aliphatic carbocycles. The van der Waals surface area contributed by atoms with Crippen molar-refractivity contribution in [2.75, 3.05) is 12.4 Å². The standard InChI is InChI=1S/C20H22Cl2N2O3/c1-11-6-5-7-12(2)17(11)23-19(26)18(24(4)20(27)13(3)25)15-9-8-14(21)10-16(15)22/h5-10,13,18,25H,1-4H3,(H,23,26)/t13-,18-/m0/s1. The number of nitrogens with zero attached hydrogens (tertiary/aromatic N) is 1. The highest BCUT2D eigenvalue weighted by atomic mass is 35.5. The molecule has 0 radical (unpaired) electrons. The zero-order valence-corrected chi connectivity index (χ0v) is 17.1. The number of benzene rings is 2. The van der Waals surface area contributed by atoms with Crippen molar-refractivity contribution in [3.05, 3.63) is 63.1 Å². The van der Waals surface area contributed by atoms with Crippen molar-refractivity contribution in [1.82, 2.24) is 4.90 Å². The first kappa shape index (κ1) is 21.2. The van der Waals surface area contributed by atoms with Gasteiger partial charge in [0.15, 0.2) is 0 Å². The Hall–Kier alpha value is -2.08. The number of para-hydroxylation sites is 1. The summed E-state index contributed by atoms with van der Waals surface area (Å²) < 4.78 is 0. The van der Waals surface area contributed by atoms with Crippen LogP contribution in [0.3, 0.4) is 0 Å². The molecule has 2 rings (SSSR count). The van der Waals surface area contributed by atoms with Gasteiger partial charge in [-0.1, -0.05) is 47.5 Å². The zero-order valence-electron chi connectivity index (χ0n) is 15.6. The van der Waals surface area contributed by atoms with Crippen molar-refractivity contribution in [2.24, 2.45) is 0 Å². The van der Waals surface area contributed by atoms with E-state index in [0.29, 0.717) is 16.3 Å². The number of anilines is 1. The van der Waals surface area contributed by atoms with E-state index in [4.69, 9.17) is 23.2 Å². The lowest BCUT2D eigenvalue weighted by Gasteiger charge is -2.29. The Morgan fingerprint density at radius 3 is 2.22 bits per heavy atom. The topological polar surface area (TPSA) is 69.6 Å².